The van der Waals surface area contributed by atoms with Crippen molar-refractivity contribution in [3.8, 4) is 5.75 Å². The first-order valence-electron chi connectivity index (χ1n) is 3.53. The third-order valence-corrected chi connectivity index (χ3v) is 1.93. The molecule has 1 aromatic rings. The molecule has 0 aliphatic rings. The molecule has 0 aromatic heterocycles. The monoisotopic (exact) mass is 299 g/mol. The number of ether oxygens (including phenoxy) is 1. The minimum Gasteiger partial charge on any atom is -0.497 e. The van der Waals surface area contributed by atoms with E-state index in [1.54, 1.807) is 13.2 Å². The van der Waals surface area contributed by atoms with Gasteiger partial charge < -0.3 is 10.5 Å². The standard InChI is InChI=1S/C7H8BrNO.H2O4S/c1-10-5-2-3-6(8)7(9)4-5;1-5(2,3)4/h2-4H,9H2,1H3;(H2,1,2,3,4). The van der Waals surface area contributed by atoms with Gasteiger partial charge >= 0.3 is 10.4 Å². The van der Waals surface area contributed by atoms with Crippen LogP contribution in [0, 0.1) is 0 Å². The van der Waals surface area contributed by atoms with E-state index in [1.165, 1.54) is 0 Å². The Balaban J connectivity index is 0.000000336. The Morgan fingerprint density at radius 3 is 2.20 bits per heavy atom. The second-order valence-electron chi connectivity index (χ2n) is 2.34. The van der Waals surface area contributed by atoms with Crippen LogP contribution in [0.4, 0.5) is 5.69 Å². The van der Waals surface area contributed by atoms with Crippen molar-refractivity contribution in [1.82, 2.24) is 0 Å². The largest absolute Gasteiger partial charge is 0.497 e. The molecule has 0 saturated heterocycles. The van der Waals surface area contributed by atoms with E-state index < -0.39 is 10.4 Å². The molecule has 6 nitrogen and oxygen atoms in total. The zero-order chi connectivity index (χ0) is 12.1. The van der Waals surface area contributed by atoms with Crippen LogP contribution in [-0.4, -0.2) is 24.6 Å². The predicted octanol–water partition coefficient (Wildman–Crippen LogP) is 1.39. The number of hydrogen-bond acceptors (Lipinski definition) is 4. The molecule has 1 aromatic carbocycles. The molecule has 1 rings (SSSR count). The number of hydrogen-bond donors (Lipinski definition) is 3. The molecule has 0 aliphatic carbocycles. The van der Waals surface area contributed by atoms with Gasteiger partial charge in [-0.2, -0.15) is 8.42 Å². The van der Waals surface area contributed by atoms with Gasteiger partial charge in [-0.3, -0.25) is 9.11 Å². The average Bonchev–Trinajstić information content (AvgIpc) is 2.07. The van der Waals surface area contributed by atoms with E-state index in [1.807, 2.05) is 12.1 Å². The first kappa shape index (κ1) is 14.2. The highest BCUT2D eigenvalue weighted by molar-refractivity contribution is 9.10. The zero-order valence-corrected chi connectivity index (χ0v) is 10.1. The predicted molar refractivity (Wildman–Crippen MR) is 59.3 cm³/mol. The SMILES string of the molecule is COc1ccc(Br)c(N)c1.O=S(=O)(O)O. The van der Waals surface area contributed by atoms with Crippen molar-refractivity contribution in [3.05, 3.63) is 22.7 Å². The molecule has 15 heavy (non-hydrogen) atoms. The van der Waals surface area contributed by atoms with Crippen LogP contribution in [-0.2, 0) is 10.4 Å². The molecule has 0 spiro atoms. The molecule has 0 bridgehead atoms. The maximum absolute atomic E-state index is 8.74. The third kappa shape index (κ3) is 8.18. The number of halogens is 1. The van der Waals surface area contributed by atoms with E-state index in [4.69, 9.17) is 28.0 Å². The number of nitrogen functional groups attached to an aromatic ring is 1. The van der Waals surface area contributed by atoms with Crippen LogP contribution >= 0.6 is 15.9 Å². The van der Waals surface area contributed by atoms with Crippen molar-refractivity contribution < 1.29 is 22.3 Å². The van der Waals surface area contributed by atoms with E-state index in [0.29, 0.717) is 5.69 Å². The summed E-state index contributed by atoms with van der Waals surface area (Å²) in [7, 11) is -3.05. The summed E-state index contributed by atoms with van der Waals surface area (Å²) < 4.78 is 37.4. The summed E-state index contributed by atoms with van der Waals surface area (Å²) in [5, 5.41) is 0. The van der Waals surface area contributed by atoms with Crippen LogP contribution in [0.25, 0.3) is 0 Å². The lowest BCUT2D eigenvalue weighted by Gasteiger charge is -2.01. The molecular formula is C7H10BrNO5S. The molecule has 0 radical (unpaired) electrons. The van der Waals surface area contributed by atoms with Crippen molar-refractivity contribution in [2.24, 2.45) is 0 Å². The van der Waals surface area contributed by atoms with E-state index in [9.17, 15) is 0 Å². The second-order valence-corrected chi connectivity index (χ2v) is 4.09. The molecule has 0 fully saturated rings. The zero-order valence-electron chi connectivity index (χ0n) is 7.71. The first-order chi connectivity index (χ1) is 6.74. The van der Waals surface area contributed by atoms with Crippen molar-refractivity contribution in [1.29, 1.82) is 0 Å². The fourth-order valence-electron chi connectivity index (χ4n) is 0.649. The van der Waals surface area contributed by atoms with Crippen LogP contribution in [0.15, 0.2) is 22.7 Å². The minimum atomic E-state index is -4.67. The van der Waals surface area contributed by atoms with Crippen LogP contribution in [0.2, 0.25) is 0 Å². The van der Waals surface area contributed by atoms with Gasteiger partial charge in [0.15, 0.2) is 0 Å². The highest BCUT2D eigenvalue weighted by Crippen LogP contribution is 2.23. The van der Waals surface area contributed by atoms with Gasteiger partial charge in [-0.15, -0.1) is 0 Å². The topological polar surface area (TPSA) is 110 Å². The highest BCUT2D eigenvalue weighted by Gasteiger charge is 1.95. The van der Waals surface area contributed by atoms with Gasteiger partial charge in [0.2, 0.25) is 0 Å². The first-order valence-corrected chi connectivity index (χ1v) is 5.72. The smallest absolute Gasteiger partial charge is 0.394 e. The fraction of sp³-hybridized carbons (Fsp3) is 0.143. The Morgan fingerprint density at radius 2 is 1.87 bits per heavy atom. The quantitative estimate of drug-likeness (QED) is 0.534. The van der Waals surface area contributed by atoms with Crippen molar-refractivity contribution in [2.45, 2.75) is 0 Å². The van der Waals surface area contributed by atoms with Crippen LogP contribution < -0.4 is 10.5 Å². The lowest BCUT2D eigenvalue weighted by atomic mass is 10.3. The number of anilines is 1. The van der Waals surface area contributed by atoms with Gasteiger partial charge in [0.05, 0.1) is 7.11 Å². The van der Waals surface area contributed by atoms with E-state index in [-0.39, 0.29) is 0 Å². The molecule has 4 N–H and O–H groups in total. The summed E-state index contributed by atoms with van der Waals surface area (Å²) in [5.41, 5.74) is 6.26. The van der Waals surface area contributed by atoms with Crippen LogP contribution in [0.5, 0.6) is 5.75 Å². The average molecular weight is 300 g/mol. The number of benzene rings is 1. The van der Waals surface area contributed by atoms with Gasteiger partial charge in [0.25, 0.3) is 0 Å². The van der Waals surface area contributed by atoms with E-state index in [0.717, 1.165) is 10.2 Å². The van der Waals surface area contributed by atoms with Gasteiger partial charge in [-0.1, -0.05) is 0 Å². The minimum absolute atomic E-state index is 0.694. The normalized spacial score (nSPS) is 10.1. The summed E-state index contributed by atoms with van der Waals surface area (Å²) in [5.74, 6) is 0.778. The molecule has 0 atom stereocenters. The summed E-state index contributed by atoms with van der Waals surface area (Å²) >= 11 is 3.28. The fourth-order valence-corrected chi connectivity index (χ4v) is 0.895. The highest BCUT2D eigenvalue weighted by atomic mass is 79.9. The van der Waals surface area contributed by atoms with E-state index in [2.05, 4.69) is 15.9 Å². The Kier molecular flexibility index (Phi) is 5.58. The number of nitrogens with two attached hydrogens (primary N) is 1. The Bertz CT molecular complexity index is 411. The van der Waals surface area contributed by atoms with Crippen LogP contribution in [0.3, 0.4) is 0 Å². The van der Waals surface area contributed by atoms with Crippen LogP contribution in [0.1, 0.15) is 0 Å². The molecule has 86 valence electrons. The molecule has 0 aliphatic heterocycles. The summed E-state index contributed by atoms with van der Waals surface area (Å²) in [4.78, 5) is 0. The maximum atomic E-state index is 8.74. The molecular weight excluding hydrogens is 290 g/mol. The van der Waals surface area contributed by atoms with Crippen molar-refractivity contribution >= 4 is 32.0 Å². The van der Waals surface area contributed by atoms with Gasteiger partial charge in [-0.05, 0) is 28.1 Å². The lowest BCUT2D eigenvalue weighted by molar-refractivity contribution is 0.381. The van der Waals surface area contributed by atoms with Gasteiger partial charge in [0.1, 0.15) is 5.75 Å². The Morgan fingerprint density at radius 1 is 1.40 bits per heavy atom. The Labute approximate surface area is 95.8 Å². The third-order valence-electron chi connectivity index (χ3n) is 1.20. The summed E-state index contributed by atoms with van der Waals surface area (Å²) in [6.07, 6.45) is 0. The number of methoxy groups -OCH3 is 1. The summed E-state index contributed by atoms with van der Waals surface area (Å²) in [6.45, 7) is 0. The van der Waals surface area contributed by atoms with Crippen molar-refractivity contribution in [2.75, 3.05) is 12.8 Å². The van der Waals surface area contributed by atoms with E-state index >= 15 is 0 Å². The number of rotatable bonds is 1. The molecule has 0 heterocycles. The lowest BCUT2D eigenvalue weighted by Crippen LogP contribution is -1.89. The molecule has 0 unspecified atom stereocenters. The maximum Gasteiger partial charge on any atom is 0.394 e. The van der Waals surface area contributed by atoms with Crippen molar-refractivity contribution in [3.63, 3.8) is 0 Å². The Hall–Kier alpha value is -0.830. The molecule has 0 amide bonds. The molecule has 8 heteroatoms. The molecule has 0 saturated carbocycles. The second kappa shape index (κ2) is 5.91. The van der Waals surface area contributed by atoms with Gasteiger partial charge in [0, 0.05) is 16.2 Å². The summed E-state index contributed by atoms with van der Waals surface area (Å²) in [6, 6.07) is 5.47. The van der Waals surface area contributed by atoms with Gasteiger partial charge in [-0.25, -0.2) is 0 Å².